The molecular weight excluding hydrogens is 472 g/mol. The number of Topliss-reactive ketones (excluding diaryl/α,β-unsaturated/α-hetero) is 1. The van der Waals surface area contributed by atoms with Crippen LogP contribution in [0.4, 0.5) is 0 Å². The van der Waals surface area contributed by atoms with E-state index < -0.39 is 17.7 Å². The highest BCUT2D eigenvalue weighted by molar-refractivity contribution is 7.14. The number of carbonyl (C=O) groups is 2. The molecule has 0 radical (unpaired) electrons. The molecule has 3 aromatic rings. The van der Waals surface area contributed by atoms with Crippen LogP contribution in [0.5, 0.6) is 5.75 Å². The zero-order chi connectivity index (χ0) is 25.7. The third-order valence-corrected chi connectivity index (χ3v) is 7.43. The number of hydrogen-bond donors (Lipinski definition) is 1. The van der Waals surface area contributed by atoms with E-state index in [9.17, 15) is 14.7 Å². The monoisotopic (exact) mass is 504 g/mol. The lowest BCUT2D eigenvalue weighted by atomic mass is 9.94. The van der Waals surface area contributed by atoms with Crippen molar-refractivity contribution in [2.45, 2.75) is 52.5 Å². The average Bonchev–Trinajstić information content (AvgIpc) is 3.36. The van der Waals surface area contributed by atoms with Crippen LogP contribution in [0.25, 0.3) is 0 Å². The summed E-state index contributed by atoms with van der Waals surface area (Å²) in [5, 5.41) is 11.7. The van der Waals surface area contributed by atoms with Gasteiger partial charge in [0.05, 0.1) is 33.8 Å². The summed E-state index contributed by atoms with van der Waals surface area (Å²) in [5.74, 6) is -0.623. The summed E-state index contributed by atoms with van der Waals surface area (Å²) in [6, 6.07) is 16.6. The number of carbonyl (C=O) groups excluding carboxylic acids is 2. The fourth-order valence-electron chi connectivity index (χ4n) is 4.51. The largest absolute Gasteiger partial charge is 0.503 e. The molecule has 6 nitrogen and oxygen atoms in total. The van der Waals surface area contributed by atoms with E-state index in [2.05, 4.69) is 11.9 Å². The van der Waals surface area contributed by atoms with Crippen LogP contribution in [-0.4, -0.2) is 39.8 Å². The van der Waals surface area contributed by atoms with Crippen LogP contribution >= 0.6 is 11.3 Å². The minimum absolute atomic E-state index is 0.108. The molecule has 1 unspecified atom stereocenters. The van der Waals surface area contributed by atoms with Gasteiger partial charge in [0.2, 0.25) is 5.78 Å². The predicted molar refractivity (Wildman–Crippen MR) is 142 cm³/mol. The van der Waals surface area contributed by atoms with E-state index in [0.29, 0.717) is 30.1 Å². The summed E-state index contributed by atoms with van der Waals surface area (Å²) >= 11 is 1.28. The van der Waals surface area contributed by atoms with E-state index in [4.69, 9.17) is 4.74 Å². The lowest BCUT2D eigenvalue weighted by Crippen LogP contribution is -2.33. The van der Waals surface area contributed by atoms with Gasteiger partial charge in [-0.2, -0.15) is 0 Å². The first-order valence-corrected chi connectivity index (χ1v) is 13.2. The number of benzene rings is 2. The van der Waals surface area contributed by atoms with Crippen molar-refractivity contribution >= 4 is 23.0 Å². The molecule has 1 amide bonds. The predicted octanol–water partition coefficient (Wildman–Crippen LogP) is 6.15. The highest BCUT2D eigenvalue weighted by Crippen LogP contribution is 2.40. The topological polar surface area (TPSA) is 79.7 Å². The molecule has 0 saturated heterocycles. The van der Waals surface area contributed by atoms with Gasteiger partial charge in [-0.05, 0) is 49.9 Å². The van der Waals surface area contributed by atoms with Crippen molar-refractivity contribution in [3.8, 4) is 5.75 Å². The zero-order valence-corrected chi connectivity index (χ0v) is 21.8. The fraction of sp³-hybridized carbons (Fsp3) is 0.345. The minimum Gasteiger partial charge on any atom is -0.503 e. The van der Waals surface area contributed by atoms with Crippen molar-refractivity contribution in [2.75, 3.05) is 13.2 Å². The van der Waals surface area contributed by atoms with Gasteiger partial charge in [0, 0.05) is 6.54 Å². The summed E-state index contributed by atoms with van der Waals surface area (Å²) in [6.45, 7) is 6.78. The van der Waals surface area contributed by atoms with Crippen LogP contribution in [0.15, 0.2) is 65.9 Å². The number of hydrogen-bond acceptors (Lipinski definition) is 6. The summed E-state index contributed by atoms with van der Waals surface area (Å²) in [6.07, 6.45) is 3.84. The molecule has 0 fully saturated rings. The number of aromatic nitrogens is 1. The van der Waals surface area contributed by atoms with Gasteiger partial charge in [0.15, 0.2) is 5.76 Å². The third kappa shape index (κ3) is 5.51. The molecule has 7 heteroatoms. The lowest BCUT2D eigenvalue weighted by molar-refractivity contribution is -0.129. The highest BCUT2D eigenvalue weighted by atomic mass is 32.1. The molecule has 1 aliphatic heterocycles. The van der Waals surface area contributed by atoms with Gasteiger partial charge >= 0.3 is 0 Å². The van der Waals surface area contributed by atoms with Crippen molar-refractivity contribution in [2.24, 2.45) is 0 Å². The van der Waals surface area contributed by atoms with Crippen LogP contribution in [0.3, 0.4) is 0 Å². The quantitative estimate of drug-likeness (QED) is 0.250. The summed E-state index contributed by atoms with van der Waals surface area (Å²) in [7, 11) is 0. The maximum atomic E-state index is 13.7. The first-order valence-electron chi connectivity index (χ1n) is 12.4. The van der Waals surface area contributed by atoms with Gasteiger partial charge in [0.1, 0.15) is 5.75 Å². The molecule has 0 spiro atoms. The van der Waals surface area contributed by atoms with Crippen LogP contribution in [-0.2, 0) is 11.2 Å². The molecule has 1 N–H and O–H groups in total. The minimum atomic E-state index is -0.690. The lowest BCUT2D eigenvalue weighted by Gasteiger charge is -2.27. The van der Waals surface area contributed by atoms with Gasteiger partial charge in [-0.15, -0.1) is 11.3 Å². The number of amides is 1. The number of thiazole rings is 1. The normalized spacial score (nSPS) is 15.6. The summed E-state index contributed by atoms with van der Waals surface area (Å²) in [5.41, 5.74) is 2.54. The molecular formula is C29H32N2O4S. The van der Waals surface area contributed by atoms with E-state index in [1.807, 2.05) is 61.5 Å². The van der Waals surface area contributed by atoms with E-state index in [-0.39, 0.29) is 11.4 Å². The molecule has 188 valence electrons. The number of nitrogens with zero attached hydrogens (tertiary/aromatic N) is 2. The molecule has 1 aromatic heterocycles. The number of rotatable bonds is 11. The summed E-state index contributed by atoms with van der Waals surface area (Å²) in [4.78, 5) is 33.3. The Hall–Kier alpha value is -3.45. The second-order valence-corrected chi connectivity index (χ2v) is 10.2. The Kier molecular flexibility index (Phi) is 8.21. The molecule has 2 heterocycles. The average molecular weight is 505 g/mol. The van der Waals surface area contributed by atoms with Crippen LogP contribution < -0.4 is 4.74 Å². The molecule has 1 aliphatic rings. The molecule has 1 atom stereocenters. The number of aryl methyl sites for hydroxylation is 2. The van der Waals surface area contributed by atoms with E-state index >= 15 is 0 Å². The number of aliphatic hydroxyl groups is 1. The van der Waals surface area contributed by atoms with Crippen molar-refractivity contribution in [1.29, 1.82) is 0 Å². The van der Waals surface area contributed by atoms with Gasteiger partial charge < -0.3 is 14.7 Å². The Bertz CT molecular complexity index is 1250. The molecule has 0 aliphatic carbocycles. The number of ketones is 1. The van der Waals surface area contributed by atoms with Crippen LogP contribution in [0, 0.1) is 13.8 Å². The standard InChI is InChI=1S/C29H32N2O4S/c1-4-5-9-18-35-23-14-12-22(13-15-23)25-24(26(32)28-19(2)30-20(3)36-28)27(33)29(34)31(25)17-16-21-10-7-6-8-11-21/h6-8,10-15,25,33H,4-5,9,16-18H2,1-3H3. The fourth-order valence-corrected chi connectivity index (χ4v) is 5.38. The smallest absolute Gasteiger partial charge is 0.290 e. The van der Waals surface area contributed by atoms with Crippen molar-refractivity contribution in [1.82, 2.24) is 9.88 Å². The van der Waals surface area contributed by atoms with Crippen LogP contribution in [0.1, 0.15) is 63.7 Å². The van der Waals surface area contributed by atoms with E-state index in [1.54, 1.807) is 11.8 Å². The highest BCUT2D eigenvalue weighted by Gasteiger charge is 2.44. The Morgan fingerprint density at radius 2 is 1.81 bits per heavy atom. The first-order chi connectivity index (χ1) is 17.4. The SMILES string of the molecule is CCCCCOc1ccc(C2C(C(=O)c3sc(C)nc3C)=C(O)C(=O)N2CCc2ccccc2)cc1. The van der Waals surface area contributed by atoms with E-state index in [0.717, 1.165) is 41.1 Å². The maximum Gasteiger partial charge on any atom is 0.290 e. The maximum absolute atomic E-state index is 13.7. The van der Waals surface area contributed by atoms with Gasteiger partial charge in [-0.3, -0.25) is 9.59 Å². The van der Waals surface area contributed by atoms with Crippen molar-refractivity contribution < 1.29 is 19.4 Å². The number of aliphatic hydroxyl groups excluding tert-OH is 1. The number of ether oxygens (including phenoxy) is 1. The Morgan fingerprint density at radius 1 is 1.08 bits per heavy atom. The van der Waals surface area contributed by atoms with Gasteiger partial charge in [0.25, 0.3) is 5.91 Å². The van der Waals surface area contributed by atoms with Crippen molar-refractivity contribution in [3.05, 3.63) is 92.6 Å². The Morgan fingerprint density at radius 3 is 2.44 bits per heavy atom. The molecule has 0 bridgehead atoms. The van der Waals surface area contributed by atoms with Crippen molar-refractivity contribution in [3.63, 3.8) is 0 Å². The Labute approximate surface area is 216 Å². The second kappa shape index (κ2) is 11.5. The Balaban J connectivity index is 1.65. The second-order valence-electron chi connectivity index (χ2n) is 9.00. The van der Waals surface area contributed by atoms with Gasteiger partial charge in [-0.1, -0.05) is 62.2 Å². The number of unbranched alkanes of at least 4 members (excludes halogenated alkanes) is 2. The first kappa shape index (κ1) is 25.6. The third-order valence-electron chi connectivity index (χ3n) is 6.35. The molecule has 2 aromatic carbocycles. The summed E-state index contributed by atoms with van der Waals surface area (Å²) < 4.78 is 5.85. The van der Waals surface area contributed by atoms with E-state index in [1.165, 1.54) is 11.3 Å². The molecule has 4 rings (SSSR count). The zero-order valence-electron chi connectivity index (χ0n) is 21.0. The molecule has 36 heavy (non-hydrogen) atoms. The van der Waals surface area contributed by atoms with Crippen LogP contribution in [0.2, 0.25) is 0 Å². The molecule has 0 saturated carbocycles. The van der Waals surface area contributed by atoms with Gasteiger partial charge in [-0.25, -0.2) is 4.98 Å².